The van der Waals surface area contributed by atoms with Gasteiger partial charge in [-0.15, -0.1) is 0 Å². The fourth-order valence-electron chi connectivity index (χ4n) is 4.07. The van der Waals surface area contributed by atoms with Crippen molar-refractivity contribution >= 4 is 11.8 Å². The predicted octanol–water partition coefficient (Wildman–Crippen LogP) is 1.56. The first kappa shape index (κ1) is 17.7. The summed E-state index contributed by atoms with van der Waals surface area (Å²) < 4.78 is 5.32. The number of benzene rings is 1. The second-order valence-corrected chi connectivity index (χ2v) is 7.01. The average molecular weight is 345 g/mol. The zero-order chi connectivity index (χ0) is 18.0. The van der Waals surface area contributed by atoms with Gasteiger partial charge >= 0.3 is 0 Å². The van der Waals surface area contributed by atoms with Gasteiger partial charge in [0.1, 0.15) is 5.75 Å². The first-order chi connectivity index (χ1) is 12.0. The highest BCUT2D eigenvalue weighted by atomic mass is 16.5. The fourth-order valence-corrected chi connectivity index (χ4v) is 4.07. The normalized spacial score (nSPS) is 22.2. The van der Waals surface area contributed by atoms with E-state index in [1.54, 1.807) is 7.11 Å². The van der Waals surface area contributed by atoms with E-state index in [0.717, 1.165) is 43.5 Å². The van der Waals surface area contributed by atoms with Crippen molar-refractivity contribution in [2.75, 3.05) is 26.7 Å². The summed E-state index contributed by atoms with van der Waals surface area (Å²) in [5.74, 6) is 0.564. The molecule has 0 spiro atoms. The number of aryl methyl sites for hydroxylation is 1. The second-order valence-electron chi connectivity index (χ2n) is 7.01. The molecule has 6 heteroatoms. The van der Waals surface area contributed by atoms with Crippen LogP contribution in [0.3, 0.4) is 0 Å². The maximum atomic E-state index is 12.8. The van der Waals surface area contributed by atoms with E-state index in [1.807, 2.05) is 30.0 Å². The summed E-state index contributed by atoms with van der Waals surface area (Å²) in [4.78, 5) is 28.5. The van der Waals surface area contributed by atoms with Gasteiger partial charge in [-0.2, -0.15) is 0 Å². The first-order valence-electron chi connectivity index (χ1n) is 9.00. The van der Waals surface area contributed by atoms with Crippen LogP contribution in [0.15, 0.2) is 18.2 Å². The molecule has 2 fully saturated rings. The van der Waals surface area contributed by atoms with Gasteiger partial charge in [0.25, 0.3) is 5.91 Å². The number of methoxy groups -OCH3 is 1. The number of primary amides is 1. The molecule has 25 heavy (non-hydrogen) atoms. The van der Waals surface area contributed by atoms with Crippen LogP contribution in [0.1, 0.15) is 41.6 Å². The molecule has 2 aliphatic rings. The third-order valence-corrected chi connectivity index (χ3v) is 5.50. The molecular formula is C19H27N3O3. The highest BCUT2D eigenvalue weighted by Crippen LogP contribution is 2.27. The van der Waals surface area contributed by atoms with Crippen LogP contribution in [0.5, 0.6) is 5.75 Å². The quantitative estimate of drug-likeness (QED) is 0.898. The third kappa shape index (κ3) is 3.63. The van der Waals surface area contributed by atoms with Gasteiger partial charge < -0.3 is 15.4 Å². The molecule has 1 aromatic rings. The van der Waals surface area contributed by atoms with Crippen molar-refractivity contribution in [3.05, 3.63) is 29.3 Å². The number of hydrogen-bond donors (Lipinski definition) is 1. The molecule has 3 rings (SSSR count). The Labute approximate surface area is 148 Å². The number of nitrogens with two attached hydrogens (primary N) is 1. The minimum atomic E-state index is -0.220. The lowest BCUT2D eigenvalue weighted by molar-refractivity contribution is -0.123. The third-order valence-electron chi connectivity index (χ3n) is 5.50. The van der Waals surface area contributed by atoms with E-state index in [0.29, 0.717) is 24.7 Å². The second kappa shape index (κ2) is 7.44. The van der Waals surface area contributed by atoms with Crippen LogP contribution in [-0.2, 0) is 4.79 Å². The number of carbonyl (C=O) groups is 2. The summed E-state index contributed by atoms with van der Waals surface area (Å²) in [5, 5.41) is 0. The summed E-state index contributed by atoms with van der Waals surface area (Å²) in [7, 11) is 1.62. The largest absolute Gasteiger partial charge is 0.496 e. The Morgan fingerprint density at radius 1 is 1.16 bits per heavy atom. The molecule has 2 heterocycles. The van der Waals surface area contributed by atoms with Gasteiger partial charge in [-0.1, -0.05) is 6.07 Å². The van der Waals surface area contributed by atoms with Crippen molar-refractivity contribution in [2.24, 2.45) is 5.73 Å². The highest BCUT2D eigenvalue weighted by molar-refractivity contribution is 5.94. The molecule has 0 saturated carbocycles. The molecule has 6 nitrogen and oxygen atoms in total. The van der Waals surface area contributed by atoms with E-state index in [2.05, 4.69) is 4.90 Å². The number of hydrogen-bond acceptors (Lipinski definition) is 4. The van der Waals surface area contributed by atoms with Gasteiger partial charge in [0, 0.05) is 24.7 Å². The number of nitrogens with zero attached hydrogens (tertiary/aromatic N) is 2. The molecule has 1 atom stereocenters. The number of rotatable bonds is 4. The molecule has 2 N–H and O–H groups in total. The van der Waals surface area contributed by atoms with Crippen molar-refractivity contribution in [1.82, 2.24) is 9.80 Å². The Balaban J connectivity index is 1.62. The number of ether oxygens (including phenoxy) is 1. The van der Waals surface area contributed by atoms with Gasteiger partial charge in [0.2, 0.25) is 5.91 Å². The Hall–Kier alpha value is -2.08. The summed E-state index contributed by atoms with van der Waals surface area (Å²) >= 11 is 0. The minimum Gasteiger partial charge on any atom is -0.496 e. The number of amides is 2. The monoisotopic (exact) mass is 345 g/mol. The van der Waals surface area contributed by atoms with Crippen molar-refractivity contribution < 1.29 is 14.3 Å². The lowest BCUT2D eigenvalue weighted by atomic mass is 10.0. The lowest BCUT2D eigenvalue weighted by Gasteiger charge is -2.38. The Morgan fingerprint density at radius 3 is 2.52 bits per heavy atom. The van der Waals surface area contributed by atoms with Crippen molar-refractivity contribution in [1.29, 1.82) is 0 Å². The van der Waals surface area contributed by atoms with Gasteiger partial charge in [-0.3, -0.25) is 14.5 Å². The van der Waals surface area contributed by atoms with Crippen LogP contribution in [0.4, 0.5) is 0 Å². The van der Waals surface area contributed by atoms with Crippen LogP contribution < -0.4 is 10.5 Å². The Kier molecular flexibility index (Phi) is 5.27. The SMILES string of the molecule is COc1cc(C(=O)N2CCC(N3CCC[C@@H]3C(N)=O)CC2)ccc1C. The molecule has 0 aliphatic carbocycles. The Morgan fingerprint density at radius 2 is 1.88 bits per heavy atom. The smallest absolute Gasteiger partial charge is 0.253 e. The minimum absolute atomic E-state index is 0.0459. The summed E-state index contributed by atoms with van der Waals surface area (Å²) in [5.41, 5.74) is 7.21. The van der Waals surface area contributed by atoms with Crippen LogP contribution in [0.25, 0.3) is 0 Å². The fraction of sp³-hybridized carbons (Fsp3) is 0.579. The van der Waals surface area contributed by atoms with E-state index in [9.17, 15) is 9.59 Å². The summed E-state index contributed by atoms with van der Waals surface area (Å²) in [6.07, 6.45) is 3.66. The number of piperidine rings is 1. The molecule has 0 unspecified atom stereocenters. The molecule has 1 aromatic carbocycles. The molecule has 0 radical (unpaired) electrons. The lowest BCUT2D eigenvalue weighted by Crippen LogP contribution is -2.51. The van der Waals surface area contributed by atoms with Gasteiger partial charge in [0.05, 0.1) is 13.2 Å². The molecule has 2 saturated heterocycles. The molecule has 0 aromatic heterocycles. The van der Waals surface area contributed by atoms with E-state index in [4.69, 9.17) is 10.5 Å². The van der Waals surface area contributed by atoms with Crippen molar-refractivity contribution in [3.63, 3.8) is 0 Å². The maximum Gasteiger partial charge on any atom is 0.253 e. The van der Waals surface area contributed by atoms with Crippen molar-refractivity contribution in [3.8, 4) is 5.75 Å². The van der Waals surface area contributed by atoms with E-state index in [1.165, 1.54) is 0 Å². The van der Waals surface area contributed by atoms with Crippen LogP contribution in [0, 0.1) is 6.92 Å². The van der Waals surface area contributed by atoms with Crippen molar-refractivity contribution in [2.45, 2.75) is 44.7 Å². The van der Waals surface area contributed by atoms with Gasteiger partial charge in [0.15, 0.2) is 0 Å². The van der Waals surface area contributed by atoms with E-state index < -0.39 is 0 Å². The summed E-state index contributed by atoms with van der Waals surface area (Å²) in [6, 6.07) is 5.80. The molecule has 136 valence electrons. The topological polar surface area (TPSA) is 75.9 Å². The Bertz CT molecular complexity index is 653. The van der Waals surface area contributed by atoms with Gasteiger partial charge in [-0.25, -0.2) is 0 Å². The van der Waals surface area contributed by atoms with Crippen LogP contribution in [-0.4, -0.2) is 60.4 Å². The molecule has 2 amide bonds. The molecule has 2 aliphatic heterocycles. The number of carbonyl (C=O) groups excluding carboxylic acids is 2. The molecular weight excluding hydrogens is 318 g/mol. The number of likely N-dealkylation sites (tertiary alicyclic amines) is 2. The van der Waals surface area contributed by atoms with Crippen LogP contribution in [0.2, 0.25) is 0 Å². The first-order valence-corrected chi connectivity index (χ1v) is 9.00. The van der Waals surface area contributed by atoms with E-state index >= 15 is 0 Å². The standard InChI is InChI=1S/C19H27N3O3/c1-13-5-6-14(12-17(13)25-2)19(24)21-10-7-15(8-11-21)22-9-3-4-16(22)18(20)23/h5-6,12,15-16H,3-4,7-11H2,1-2H3,(H2,20,23)/t16-/m1/s1. The predicted molar refractivity (Wildman–Crippen MR) is 95.6 cm³/mol. The molecule has 0 bridgehead atoms. The van der Waals surface area contributed by atoms with Crippen LogP contribution >= 0.6 is 0 Å². The zero-order valence-electron chi connectivity index (χ0n) is 15.0. The zero-order valence-corrected chi connectivity index (χ0v) is 15.0. The summed E-state index contributed by atoms with van der Waals surface area (Å²) in [6.45, 7) is 4.31. The highest BCUT2D eigenvalue weighted by Gasteiger charge is 2.36. The van der Waals surface area contributed by atoms with Gasteiger partial charge in [-0.05, 0) is 56.8 Å². The maximum absolute atomic E-state index is 12.8. The average Bonchev–Trinajstić information content (AvgIpc) is 3.12. The van der Waals surface area contributed by atoms with E-state index in [-0.39, 0.29) is 17.9 Å².